The van der Waals surface area contributed by atoms with Gasteiger partial charge in [0.25, 0.3) is 0 Å². The minimum Gasteiger partial charge on any atom is -0.476 e. The van der Waals surface area contributed by atoms with E-state index in [1.165, 1.54) is 17.1 Å². The molecule has 1 aromatic heterocycles. The van der Waals surface area contributed by atoms with Crippen molar-refractivity contribution in [3.05, 3.63) is 47.0 Å². The maximum absolute atomic E-state index is 11.7. The fourth-order valence-corrected chi connectivity index (χ4v) is 1.72. The number of imidazole rings is 1. The molecule has 7 heteroatoms. The zero-order valence-corrected chi connectivity index (χ0v) is 11.3. The van der Waals surface area contributed by atoms with Crippen molar-refractivity contribution in [1.29, 1.82) is 0 Å². The average molecular weight is 324 g/mol. The number of hydrogen-bond acceptors (Lipinski definition) is 3. The van der Waals surface area contributed by atoms with Crippen molar-refractivity contribution in [2.45, 2.75) is 6.54 Å². The van der Waals surface area contributed by atoms with Crippen LogP contribution in [0.2, 0.25) is 0 Å². The third kappa shape index (κ3) is 3.65. The molecule has 0 radical (unpaired) electrons. The number of amides is 1. The number of nitrogens with zero attached hydrogens (tertiary/aromatic N) is 2. The van der Waals surface area contributed by atoms with Gasteiger partial charge >= 0.3 is 5.97 Å². The summed E-state index contributed by atoms with van der Waals surface area (Å²) in [6.45, 7) is 0.0103. The van der Waals surface area contributed by atoms with E-state index in [0.29, 0.717) is 5.69 Å². The second-order valence-electron chi connectivity index (χ2n) is 3.79. The van der Waals surface area contributed by atoms with Crippen LogP contribution in [0.1, 0.15) is 10.5 Å². The Morgan fingerprint density at radius 2 is 2.00 bits per heavy atom. The molecule has 0 atom stereocenters. The smallest absolute Gasteiger partial charge is 0.356 e. The number of nitrogens with one attached hydrogen (secondary N) is 1. The molecule has 1 amide bonds. The molecule has 0 aliphatic heterocycles. The standard InChI is InChI=1S/C12H10BrN3O3/c13-8-1-3-9(4-2-8)15-11(17)6-16-5-10(12(18)19)14-7-16/h1-5,7H,6H2,(H,15,17)(H,18,19). The summed E-state index contributed by atoms with van der Waals surface area (Å²) in [4.78, 5) is 26.0. The van der Waals surface area contributed by atoms with Crippen LogP contribution < -0.4 is 5.32 Å². The average Bonchev–Trinajstić information content (AvgIpc) is 2.80. The van der Waals surface area contributed by atoms with Gasteiger partial charge in [-0.25, -0.2) is 9.78 Å². The van der Waals surface area contributed by atoms with Gasteiger partial charge in [0.05, 0.1) is 6.33 Å². The highest BCUT2D eigenvalue weighted by molar-refractivity contribution is 9.10. The molecule has 98 valence electrons. The van der Waals surface area contributed by atoms with Crippen LogP contribution >= 0.6 is 15.9 Å². The largest absolute Gasteiger partial charge is 0.476 e. The number of anilines is 1. The summed E-state index contributed by atoms with van der Waals surface area (Å²) in [5.74, 6) is -1.37. The van der Waals surface area contributed by atoms with E-state index in [9.17, 15) is 9.59 Å². The summed E-state index contributed by atoms with van der Waals surface area (Å²) in [6, 6.07) is 7.15. The Morgan fingerprint density at radius 3 is 2.58 bits per heavy atom. The first-order valence-electron chi connectivity index (χ1n) is 5.35. The predicted molar refractivity (Wildman–Crippen MR) is 72.0 cm³/mol. The molecule has 0 bridgehead atoms. The number of carbonyl (C=O) groups is 2. The van der Waals surface area contributed by atoms with E-state index in [-0.39, 0.29) is 18.1 Å². The zero-order chi connectivity index (χ0) is 13.8. The van der Waals surface area contributed by atoms with E-state index in [0.717, 1.165) is 4.47 Å². The van der Waals surface area contributed by atoms with E-state index in [1.54, 1.807) is 12.1 Å². The summed E-state index contributed by atoms with van der Waals surface area (Å²) >= 11 is 3.30. The summed E-state index contributed by atoms with van der Waals surface area (Å²) in [7, 11) is 0. The van der Waals surface area contributed by atoms with Crippen LogP contribution in [0.5, 0.6) is 0 Å². The third-order valence-corrected chi connectivity index (χ3v) is 2.84. The quantitative estimate of drug-likeness (QED) is 0.901. The number of carboxylic acid groups (broad SMARTS) is 1. The summed E-state index contributed by atoms with van der Waals surface area (Å²) < 4.78 is 2.34. The molecule has 2 aromatic rings. The van der Waals surface area contributed by atoms with Crippen molar-refractivity contribution in [1.82, 2.24) is 9.55 Å². The second-order valence-corrected chi connectivity index (χ2v) is 4.71. The van der Waals surface area contributed by atoms with Crippen LogP contribution in [0.3, 0.4) is 0 Å². The fraction of sp³-hybridized carbons (Fsp3) is 0.0833. The summed E-state index contributed by atoms with van der Waals surface area (Å²) in [6.07, 6.45) is 2.62. The predicted octanol–water partition coefficient (Wildman–Crippen LogP) is 1.98. The number of aromatic nitrogens is 2. The zero-order valence-electron chi connectivity index (χ0n) is 9.71. The molecule has 2 rings (SSSR count). The maximum Gasteiger partial charge on any atom is 0.356 e. The highest BCUT2D eigenvalue weighted by Gasteiger charge is 2.09. The van der Waals surface area contributed by atoms with Crippen LogP contribution in [-0.2, 0) is 11.3 Å². The fourth-order valence-electron chi connectivity index (χ4n) is 1.46. The molecule has 19 heavy (non-hydrogen) atoms. The molecular formula is C12H10BrN3O3. The lowest BCUT2D eigenvalue weighted by Crippen LogP contribution is -2.17. The van der Waals surface area contributed by atoms with Crippen LogP contribution in [0, 0.1) is 0 Å². The maximum atomic E-state index is 11.7. The highest BCUT2D eigenvalue weighted by atomic mass is 79.9. The van der Waals surface area contributed by atoms with E-state index in [4.69, 9.17) is 5.11 Å². The molecule has 6 nitrogen and oxygen atoms in total. The van der Waals surface area contributed by atoms with Gasteiger partial charge in [-0.15, -0.1) is 0 Å². The molecule has 0 aliphatic carbocycles. The van der Waals surface area contributed by atoms with Crippen LogP contribution in [0.4, 0.5) is 5.69 Å². The summed E-state index contributed by atoms with van der Waals surface area (Å²) in [5.41, 5.74) is 0.586. The number of halogens is 1. The van der Waals surface area contributed by atoms with Gasteiger partial charge in [0.15, 0.2) is 5.69 Å². The number of carboxylic acids is 1. The minimum absolute atomic E-state index is 0.0103. The van der Waals surface area contributed by atoms with Crippen molar-refractivity contribution in [3.63, 3.8) is 0 Å². The Bertz CT molecular complexity index is 607. The van der Waals surface area contributed by atoms with E-state index in [1.807, 2.05) is 12.1 Å². The Balaban J connectivity index is 1.97. The normalized spacial score (nSPS) is 10.2. The van der Waals surface area contributed by atoms with Crippen molar-refractivity contribution >= 4 is 33.5 Å². The van der Waals surface area contributed by atoms with Gasteiger partial charge in [0, 0.05) is 16.4 Å². The van der Waals surface area contributed by atoms with Crippen LogP contribution in [0.15, 0.2) is 41.3 Å². The van der Waals surface area contributed by atoms with Gasteiger partial charge in [-0.05, 0) is 24.3 Å². The summed E-state index contributed by atoms with van der Waals surface area (Å²) in [5, 5.41) is 11.4. The molecule has 2 N–H and O–H groups in total. The topological polar surface area (TPSA) is 84.2 Å². The molecule has 0 unspecified atom stereocenters. The lowest BCUT2D eigenvalue weighted by molar-refractivity contribution is -0.116. The molecule has 0 saturated heterocycles. The van der Waals surface area contributed by atoms with E-state index in [2.05, 4.69) is 26.2 Å². The molecule has 0 aliphatic rings. The lowest BCUT2D eigenvalue weighted by Gasteiger charge is -2.05. The molecule has 1 heterocycles. The SMILES string of the molecule is O=C(Cn1cnc(C(=O)O)c1)Nc1ccc(Br)cc1. The van der Waals surface area contributed by atoms with Gasteiger partial charge in [0.2, 0.25) is 5.91 Å². The number of aromatic carboxylic acids is 1. The minimum atomic E-state index is -1.12. The molecule has 0 saturated carbocycles. The van der Waals surface area contributed by atoms with Gasteiger partial charge in [0.1, 0.15) is 6.54 Å². The molecule has 1 aromatic carbocycles. The van der Waals surface area contributed by atoms with Crippen molar-refractivity contribution in [2.24, 2.45) is 0 Å². The van der Waals surface area contributed by atoms with Crippen molar-refractivity contribution < 1.29 is 14.7 Å². The number of carbonyl (C=O) groups excluding carboxylic acids is 1. The first-order chi connectivity index (χ1) is 9.04. The van der Waals surface area contributed by atoms with Crippen molar-refractivity contribution in [2.75, 3.05) is 5.32 Å². The van der Waals surface area contributed by atoms with Gasteiger partial charge in [-0.1, -0.05) is 15.9 Å². The Kier molecular flexibility index (Phi) is 3.96. The third-order valence-electron chi connectivity index (χ3n) is 2.31. The van der Waals surface area contributed by atoms with E-state index < -0.39 is 5.97 Å². The highest BCUT2D eigenvalue weighted by Crippen LogP contribution is 2.14. The number of benzene rings is 1. The molecule has 0 spiro atoms. The second kappa shape index (κ2) is 5.66. The Morgan fingerprint density at radius 1 is 1.32 bits per heavy atom. The van der Waals surface area contributed by atoms with Crippen molar-refractivity contribution in [3.8, 4) is 0 Å². The number of hydrogen-bond donors (Lipinski definition) is 2. The Labute approximate surface area is 117 Å². The first kappa shape index (κ1) is 13.3. The van der Waals surface area contributed by atoms with E-state index >= 15 is 0 Å². The Hall–Kier alpha value is -2.15. The molecular weight excluding hydrogens is 314 g/mol. The first-order valence-corrected chi connectivity index (χ1v) is 6.14. The van der Waals surface area contributed by atoms with Gasteiger partial charge < -0.3 is 15.0 Å². The van der Waals surface area contributed by atoms with Crippen LogP contribution in [-0.4, -0.2) is 26.5 Å². The van der Waals surface area contributed by atoms with Gasteiger partial charge in [-0.2, -0.15) is 0 Å². The van der Waals surface area contributed by atoms with Crippen LogP contribution in [0.25, 0.3) is 0 Å². The number of rotatable bonds is 4. The van der Waals surface area contributed by atoms with Gasteiger partial charge in [-0.3, -0.25) is 4.79 Å². The monoisotopic (exact) mass is 323 g/mol. The lowest BCUT2D eigenvalue weighted by atomic mass is 10.3. The molecule has 0 fully saturated rings.